The van der Waals surface area contributed by atoms with Crippen molar-refractivity contribution >= 4 is 17.8 Å². The normalized spacial score (nSPS) is 21.8. The van der Waals surface area contributed by atoms with Crippen LogP contribution in [0, 0.1) is 0 Å². The zero-order chi connectivity index (χ0) is 20.6. The maximum absolute atomic E-state index is 11.9. The molecule has 146 valence electrons. The Bertz CT molecular complexity index is 808. The van der Waals surface area contributed by atoms with Crippen LogP contribution in [0.2, 0.25) is 0 Å². The summed E-state index contributed by atoms with van der Waals surface area (Å²) >= 11 is 0. The number of aliphatic carboxylic acids is 1. The van der Waals surface area contributed by atoms with Gasteiger partial charge in [-0.15, -0.1) is 0 Å². The molecule has 0 spiro atoms. The van der Waals surface area contributed by atoms with E-state index in [4.69, 9.17) is 0 Å². The molecule has 0 atom stereocenters. The van der Waals surface area contributed by atoms with Crippen LogP contribution >= 0.6 is 0 Å². The van der Waals surface area contributed by atoms with Gasteiger partial charge in [-0.2, -0.15) is 0 Å². The minimum absolute atomic E-state index is 0.216. The summed E-state index contributed by atoms with van der Waals surface area (Å²) in [5, 5.41) is 20.7. The monoisotopic (exact) mass is 369 g/mol. The lowest BCUT2D eigenvalue weighted by molar-refractivity contribution is -0.131. The predicted octanol–water partition coefficient (Wildman–Crippen LogP) is 5.59. The van der Waals surface area contributed by atoms with Crippen LogP contribution in [0.25, 0.3) is 5.57 Å². The van der Waals surface area contributed by atoms with E-state index in [-0.39, 0.29) is 16.4 Å². The van der Waals surface area contributed by atoms with Crippen molar-refractivity contribution in [3.63, 3.8) is 0 Å². The van der Waals surface area contributed by atoms with Crippen LogP contribution in [-0.2, 0) is 15.6 Å². The van der Waals surface area contributed by atoms with Crippen LogP contribution in [0.5, 0.6) is 5.75 Å². The van der Waals surface area contributed by atoms with Crippen molar-refractivity contribution in [3.05, 3.63) is 46.2 Å². The number of rotatable bonds is 2. The summed E-state index contributed by atoms with van der Waals surface area (Å²) in [7, 11) is 0. The number of carboxylic acid groups (broad SMARTS) is 1. The summed E-state index contributed by atoms with van der Waals surface area (Å²) < 4.78 is 0. The molecule has 0 bridgehead atoms. The summed E-state index contributed by atoms with van der Waals surface area (Å²) in [6.45, 7) is 14.2. The second kappa shape index (κ2) is 7.34. The van der Waals surface area contributed by atoms with Crippen LogP contribution in [0.3, 0.4) is 0 Å². The largest absolute Gasteiger partial charge is 0.507 e. The second-order valence-corrected chi connectivity index (χ2v) is 9.26. The Labute approximate surface area is 162 Å². The highest BCUT2D eigenvalue weighted by Gasteiger charge is 2.28. The molecule has 0 saturated heterocycles. The van der Waals surface area contributed by atoms with Gasteiger partial charge in [0.25, 0.3) is 0 Å². The number of aliphatic imine (C=N–C) groups is 1. The fourth-order valence-corrected chi connectivity index (χ4v) is 3.29. The first-order valence-electron chi connectivity index (χ1n) is 9.38. The van der Waals surface area contributed by atoms with E-state index >= 15 is 0 Å². The number of allylic oxidation sites excluding steroid dienone is 3. The van der Waals surface area contributed by atoms with Crippen LogP contribution in [-0.4, -0.2) is 22.4 Å². The average Bonchev–Trinajstić information content (AvgIpc) is 2.48. The molecule has 4 heteroatoms. The summed E-state index contributed by atoms with van der Waals surface area (Å²) in [6, 6.07) is 3.88. The highest BCUT2D eigenvalue weighted by molar-refractivity contribution is 6.15. The molecule has 1 aromatic rings. The maximum atomic E-state index is 11.9. The fourth-order valence-electron chi connectivity index (χ4n) is 3.29. The maximum Gasteiger partial charge on any atom is 0.337 e. The number of benzene rings is 1. The number of carboxylic acids is 1. The lowest BCUT2D eigenvalue weighted by atomic mass is 9.77. The lowest BCUT2D eigenvalue weighted by Crippen LogP contribution is -2.18. The van der Waals surface area contributed by atoms with Crippen LogP contribution in [0.15, 0.2) is 34.5 Å². The van der Waals surface area contributed by atoms with E-state index in [1.165, 1.54) is 6.21 Å². The molecule has 27 heavy (non-hydrogen) atoms. The summed E-state index contributed by atoms with van der Waals surface area (Å²) in [5.74, 6) is -0.683. The van der Waals surface area contributed by atoms with Gasteiger partial charge in [0, 0.05) is 23.0 Å². The van der Waals surface area contributed by atoms with Crippen molar-refractivity contribution in [3.8, 4) is 5.75 Å². The molecule has 0 unspecified atom stereocenters. The van der Waals surface area contributed by atoms with Gasteiger partial charge in [-0.25, -0.2) is 4.79 Å². The highest BCUT2D eigenvalue weighted by Crippen LogP contribution is 2.42. The molecule has 1 aromatic carbocycles. The number of phenols is 1. The Balaban J connectivity index is 2.83. The zero-order valence-electron chi connectivity index (χ0n) is 17.5. The van der Waals surface area contributed by atoms with E-state index in [1.807, 2.05) is 25.1 Å². The molecule has 0 aliphatic carbocycles. The van der Waals surface area contributed by atoms with Crippen molar-refractivity contribution in [1.29, 1.82) is 0 Å². The predicted molar refractivity (Wildman–Crippen MR) is 112 cm³/mol. The molecule has 1 aliphatic heterocycles. The first kappa shape index (κ1) is 20.9. The Morgan fingerprint density at radius 1 is 1.04 bits per heavy atom. The van der Waals surface area contributed by atoms with Crippen LogP contribution in [0.4, 0.5) is 0 Å². The van der Waals surface area contributed by atoms with Crippen LogP contribution < -0.4 is 0 Å². The minimum atomic E-state index is -0.980. The SMILES string of the molecule is CC1=C\CC\C(c2cc(C(C)(C)C)c(O)c(C(C)(C)C)c2)=C(C(=O)O)/C=N/1. The van der Waals surface area contributed by atoms with E-state index < -0.39 is 5.97 Å². The van der Waals surface area contributed by atoms with E-state index in [2.05, 4.69) is 46.5 Å². The van der Waals surface area contributed by atoms with Gasteiger partial charge in [0.15, 0.2) is 0 Å². The zero-order valence-corrected chi connectivity index (χ0v) is 17.5. The fraction of sp³-hybridized carbons (Fsp3) is 0.478. The summed E-state index contributed by atoms with van der Waals surface area (Å²) in [6.07, 6.45) is 4.81. The summed E-state index contributed by atoms with van der Waals surface area (Å²) in [4.78, 5) is 16.2. The number of carbonyl (C=O) groups is 1. The molecule has 0 amide bonds. The topological polar surface area (TPSA) is 69.9 Å². The number of aromatic hydroxyl groups is 1. The number of hydrogen-bond acceptors (Lipinski definition) is 3. The molecule has 0 aromatic heterocycles. The first-order chi connectivity index (χ1) is 12.3. The first-order valence-corrected chi connectivity index (χ1v) is 9.38. The smallest absolute Gasteiger partial charge is 0.337 e. The van der Waals surface area contributed by atoms with Crippen molar-refractivity contribution < 1.29 is 15.0 Å². The van der Waals surface area contributed by atoms with Gasteiger partial charge in [0.2, 0.25) is 0 Å². The quantitative estimate of drug-likeness (QED) is 0.713. The van der Waals surface area contributed by atoms with E-state index in [1.54, 1.807) is 0 Å². The third kappa shape index (κ3) is 4.68. The lowest BCUT2D eigenvalue weighted by Gasteiger charge is -2.29. The van der Waals surface area contributed by atoms with Gasteiger partial charge in [-0.3, -0.25) is 4.99 Å². The van der Waals surface area contributed by atoms with Crippen molar-refractivity contribution in [2.75, 3.05) is 0 Å². The molecule has 4 nitrogen and oxygen atoms in total. The average molecular weight is 370 g/mol. The third-order valence-electron chi connectivity index (χ3n) is 4.86. The number of phenolic OH excluding ortho intramolecular Hbond substituents is 1. The number of nitrogens with zero attached hydrogens (tertiary/aromatic N) is 1. The number of hydrogen-bond donors (Lipinski definition) is 2. The van der Waals surface area contributed by atoms with Crippen molar-refractivity contribution in [2.24, 2.45) is 4.99 Å². The van der Waals surface area contributed by atoms with Gasteiger partial charge in [0.1, 0.15) is 5.75 Å². The Hall–Kier alpha value is -2.36. The molecule has 0 fully saturated rings. The van der Waals surface area contributed by atoms with Gasteiger partial charge in [-0.1, -0.05) is 47.6 Å². The molecule has 2 N–H and O–H groups in total. The molecule has 0 saturated carbocycles. The van der Waals surface area contributed by atoms with Gasteiger partial charge in [0.05, 0.1) is 5.57 Å². The Morgan fingerprint density at radius 2 is 1.56 bits per heavy atom. The van der Waals surface area contributed by atoms with E-state index in [0.717, 1.165) is 34.4 Å². The second-order valence-electron chi connectivity index (χ2n) is 9.26. The van der Waals surface area contributed by atoms with Crippen molar-refractivity contribution in [2.45, 2.75) is 72.1 Å². The Kier molecular flexibility index (Phi) is 5.69. The standard InChI is InChI=1S/C23H31NO3/c1-14-9-8-10-16(17(13-24-14)21(26)27)15-11-18(22(2,3)4)20(25)19(12-15)23(5,6)7/h9,11-13,25H,8,10H2,1-7H3,(H,26,27)/b14-9-,17-16-,24-13+. The molecule has 2 rings (SSSR count). The van der Waals surface area contributed by atoms with E-state index in [0.29, 0.717) is 12.2 Å². The van der Waals surface area contributed by atoms with E-state index in [9.17, 15) is 15.0 Å². The molecule has 0 radical (unpaired) electrons. The molecular weight excluding hydrogens is 338 g/mol. The summed E-state index contributed by atoms with van der Waals surface area (Å²) in [5.41, 5.74) is 3.76. The van der Waals surface area contributed by atoms with Gasteiger partial charge in [-0.05, 0) is 53.9 Å². The Morgan fingerprint density at radius 3 is 2.00 bits per heavy atom. The molecular formula is C23H31NO3. The minimum Gasteiger partial charge on any atom is -0.507 e. The van der Waals surface area contributed by atoms with Crippen molar-refractivity contribution in [1.82, 2.24) is 0 Å². The van der Waals surface area contributed by atoms with Gasteiger partial charge < -0.3 is 10.2 Å². The van der Waals surface area contributed by atoms with Gasteiger partial charge >= 0.3 is 5.97 Å². The third-order valence-corrected chi connectivity index (χ3v) is 4.86. The van der Waals surface area contributed by atoms with Crippen LogP contribution in [0.1, 0.15) is 78.0 Å². The highest BCUT2D eigenvalue weighted by atomic mass is 16.4. The molecule has 1 aliphatic rings. The molecule has 1 heterocycles.